The third-order valence-corrected chi connectivity index (χ3v) is 5.96. The van der Waals surface area contributed by atoms with Gasteiger partial charge in [-0.05, 0) is 56.5 Å². The Labute approximate surface area is 166 Å². The molecule has 0 unspecified atom stereocenters. The van der Waals surface area contributed by atoms with Crippen molar-refractivity contribution >= 4 is 18.3 Å². The molecule has 0 aromatic heterocycles. The molecule has 1 aromatic carbocycles. The summed E-state index contributed by atoms with van der Waals surface area (Å²) in [5, 5.41) is 6.51. The number of nitrogens with one attached hydrogen (secondary N) is 2. The van der Waals surface area contributed by atoms with Crippen molar-refractivity contribution in [2.45, 2.75) is 31.1 Å². The first-order valence-electron chi connectivity index (χ1n) is 9.42. The number of benzene rings is 1. The van der Waals surface area contributed by atoms with Crippen LogP contribution in [0.5, 0.6) is 0 Å². The van der Waals surface area contributed by atoms with Crippen LogP contribution >= 0.6 is 12.4 Å². The van der Waals surface area contributed by atoms with E-state index in [0.29, 0.717) is 26.4 Å². The number of amides is 1. The summed E-state index contributed by atoms with van der Waals surface area (Å²) in [5.74, 6) is -0.178. The Kier molecular flexibility index (Phi) is 8.04. The summed E-state index contributed by atoms with van der Waals surface area (Å²) in [5.41, 5.74) is 0.395. The minimum Gasteiger partial charge on any atom is -0.384 e. The van der Waals surface area contributed by atoms with Crippen LogP contribution in [0.3, 0.4) is 0 Å². The first-order valence-corrected chi connectivity index (χ1v) is 9.42. The van der Waals surface area contributed by atoms with E-state index in [4.69, 9.17) is 9.47 Å². The summed E-state index contributed by atoms with van der Waals surface area (Å²) in [6.45, 7) is 3.94. The Balaban J connectivity index is 0.00000261. The van der Waals surface area contributed by atoms with Gasteiger partial charge in [0.1, 0.15) is 5.82 Å². The topological polar surface area (TPSA) is 59.6 Å². The average molecular weight is 401 g/mol. The summed E-state index contributed by atoms with van der Waals surface area (Å²) < 4.78 is 24.3. The number of hydrogen-bond acceptors (Lipinski definition) is 4. The van der Waals surface area contributed by atoms with Crippen LogP contribution in [-0.2, 0) is 19.7 Å². The molecule has 1 aromatic rings. The first kappa shape index (κ1) is 22.1. The Morgan fingerprint density at radius 3 is 2.41 bits per heavy atom. The number of carbonyl (C=O) groups is 1. The first-order chi connectivity index (χ1) is 12.6. The normalized spacial score (nSPS) is 21.1. The molecule has 0 spiro atoms. The highest BCUT2D eigenvalue weighted by atomic mass is 35.5. The quantitative estimate of drug-likeness (QED) is 0.770. The predicted molar refractivity (Wildman–Crippen MR) is 105 cm³/mol. The fourth-order valence-electron chi connectivity index (χ4n) is 4.19. The van der Waals surface area contributed by atoms with Crippen LogP contribution in [0.25, 0.3) is 0 Å². The number of methoxy groups -OCH3 is 1. The van der Waals surface area contributed by atoms with Crippen molar-refractivity contribution in [1.29, 1.82) is 0 Å². The Morgan fingerprint density at radius 1 is 1.19 bits per heavy atom. The van der Waals surface area contributed by atoms with E-state index in [9.17, 15) is 9.18 Å². The van der Waals surface area contributed by atoms with Crippen molar-refractivity contribution in [2.24, 2.45) is 5.41 Å². The molecule has 2 heterocycles. The number of halogens is 2. The van der Waals surface area contributed by atoms with Gasteiger partial charge in [-0.1, -0.05) is 12.1 Å². The van der Waals surface area contributed by atoms with Crippen LogP contribution in [0.15, 0.2) is 24.3 Å². The number of piperidine rings is 1. The fraction of sp³-hybridized carbons (Fsp3) is 0.650. The van der Waals surface area contributed by atoms with Gasteiger partial charge in [-0.15, -0.1) is 12.4 Å². The van der Waals surface area contributed by atoms with Gasteiger partial charge in [-0.2, -0.15) is 0 Å². The van der Waals surface area contributed by atoms with Crippen molar-refractivity contribution in [3.05, 3.63) is 35.6 Å². The van der Waals surface area contributed by atoms with Crippen LogP contribution < -0.4 is 10.6 Å². The molecule has 0 bridgehead atoms. The Hall–Kier alpha value is -1.21. The van der Waals surface area contributed by atoms with E-state index in [2.05, 4.69) is 10.6 Å². The molecule has 0 aliphatic carbocycles. The van der Waals surface area contributed by atoms with Gasteiger partial charge in [0.15, 0.2) is 0 Å². The van der Waals surface area contributed by atoms with E-state index in [1.807, 2.05) is 12.1 Å². The number of hydrogen-bond donors (Lipinski definition) is 2. The van der Waals surface area contributed by atoms with Crippen molar-refractivity contribution in [3.63, 3.8) is 0 Å². The second-order valence-electron chi connectivity index (χ2n) is 7.55. The minimum atomic E-state index is -0.463. The smallest absolute Gasteiger partial charge is 0.228 e. The lowest BCUT2D eigenvalue weighted by molar-refractivity contribution is -0.136. The third kappa shape index (κ3) is 4.99. The molecule has 5 nitrogen and oxygen atoms in total. The summed E-state index contributed by atoms with van der Waals surface area (Å²) in [7, 11) is 1.65. The van der Waals surface area contributed by atoms with Gasteiger partial charge in [0, 0.05) is 32.3 Å². The maximum Gasteiger partial charge on any atom is 0.228 e. The molecule has 3 rings (SSSR count). The summed E-state index contributed by atoms with van der Waals surface area (Å²) in [6.07, 6.45) is 3.19. The van der Waals surface area contributed by atoms with Gasteiger partial charge < -0.3 is 20.1 Å². The van der Waals surface area contributed by atoms with E-state index < -0.39 is 5.41 Å². The summed E-state index contributed by atoms with van der Waals surface area (Å²) >= 11 is 0. The van der Waals surface area contributed by atoms with E-state index in [1.165, 1.54) is 12.1 Å². The predicted octanol–water partition coefficient (Wildman–Crippen LogP) is 2.43. The highest BCUT2D eigenvalue weighted by molar-refractivity contribution is 5.85. The molecule has 1 amide bonds. The summed E-state index contributed by atoms with van der Waals surface area (Å²) in [6, 6.07) is 6.66. The van der Waals surface area contributed by atoms with Gasteiger partial charge in [-0.3, -0.25) is 4.79 Å². The molecule has 0 radical (unpaired) electrons. The molecule has 27 heavy (non-hydrogen) atoms. The van der Waals surface area contributed by atoms with Crippen LogP contribution in [0.2, 0.25) is 0 Å². The van der Waals surface area contributed by atoms with Crippen molar-refractivity contribution in [1.82, 2.24) is 10.6 Å². The Morgan fingerprint density at radius 2 is 1.81 bits per heavy atom. The molecule has 2 aliphatic heterocycles. The largest absolute Gasteiger partial charge is 0.384 e. The van der Waals surface area contributed by atoms with Crippen LogP contribution in [0.4, 0.5) is 4.39 Å². The van der Waals surface area contributed by atoms with E-state index in [-0.39, 0.29) is 29.5 Å². The van der Waals surface area contributed by atoms with Crippen molar-refractivity contribution in [2.75, 3.05) is 46.6 Å². The lowest BCUT2D eigenvalue weighted by Crippen LogP contribution is -2.53. The second-order valence-corrected chi connectivity index (χ2v) is 7.55. The molecule has 0 saturated carbocycles. The maximum absolute atomic E-state index is 13.4. The van der Waals surface area contributed by atoms with Gasteiger partial charge in [-0.25, -0.2) is 4.39 Å². The fourth-order valence-corrected chi connectivity index (χ4v) is 4.19. The number of ether oxygens (including phenoxy) is 2. The molecule has 7 heteroatoms. The minimum absolute atomic E-state index is 0. The lowest BCUT2D eigenvalue weighted by atomic mass is 9.73. The molecule has 0 atom stereocenters. The van der Waals surface area contributed by atoms with E-state index in [1.54, 1.807) is 7.11 Å². The van der Waals surface area contributed by atoms with Gasteiger partial charge >= 0.3 is 0 Å². The standard InChI is InChI=1S/C20H29FN2O3.ClH/c1-25-15-20(6-10-22-11-7-20)18(24)23-14-19(8-12-26-13-9-19)16-2-4-17(21)5-3-16;/h2-5,22H,6-15H2,1H3,(H,23,24);1H. The van der Waals surface area contributed by atoms with E-state index >= 15 is 0 Å². The van der Waals surface area contributed by atoms with Gasteiger partial charge in [0.25, 0.3) is 0 Å². The number of carbonyl (C=O) groups excluding carboxylic acids is 1. The summed E-state index contributed by atoms with van der Waals surface area (Å²) in [4.78, 5) is 13.1. The molecular weight excluding hydrogens is 371 g/mol. The molecule has 2 aliphatic rings. The van der Waals surface area contributed by atoms with E-state index in [0.717, 1.165) is 44.3 Å². The van der Waals surface area contributed by atoms with Gasteiger partial charge in [0.2, 0.25) is 5.91 Å². The molecule has 2 saturated heterocycles. The average Bonchev–Trinajstić information content (AvgIpc) is 2.68. The maximum atomic E-state index is 13.4. The SMILES string of the molecule is COCC1(C(=O)NCC2(c3ccc(F)cc3)CCOCC2)CCNCC1.Cl. The molecule has 2 fully saturated rings. The monoisotopic (exact) mass is 400 g/mol. The third-order valence-electron chi connectivity index (χ3n) is 5.96. The highest BCUT2D eigenvalue weighted by Crippen LogP contribution is 2.35. The molecule has 152 valence electrons. The van der Waals surface area contributed by atoms with Crippen LogP contribution in [-0.4, -0.2) is 52.5 Å². The lowest BCUT2D eigenvalue weighted by Gasteiger charge is -2.40. The van der Waals surface area contributed by atoms with Gasteiger partial charge in [0.05, 0.1) is 12.0 Å². The Bertz CT molecular complexity index is 594. The van der Waals surface area contributed by atoms with Crippen LogP contribution in [0, 0.1) is 11.2 Å². The highest BCUT2D eigenvalue weighted by Gasteiger charge is 2.41. The van der Waals surface area contributed by atoms with Crippen molar-refractivity contribution < 1.29 is 18.7 Å². The van der Waals surface area contributed by atoms with Crippen LogP contribution in [0.1, 0.15) is 31.2 Å². The second kappa shape index (κ2) is 9.82. The number of rotatable bonds is 6. The zero-order valence-electron chi connectivity index (χ0n) is 15.9. The molecular formula is C20H30ClFN2O3. The molecule has 2 N–H and O–H groups in total. The zero-order chi connectivity index (χ0) is 18.5. The zero-order valence-corrected chi connectivity index (χ0v) is 16.7. The van der Waals surface area contributed by atoms with Crippen molar-refractivity contribution in [3.8, 4) is 0 Å².